The third kappa shape index (κ3) is 4.81. The Morgan fingerprint density at radius 1 is 1.08 bits per heavy atom. The minimum absolute atomic E-state index is 0.111. The third-order valence-electron chi connectivity index (χ3n) is 3.85. The molecule has 136 valence electrons. The SMILES string of the molecule is Cc1ccc(/C=C(\NC(=O)c2ccccc2)C(=O)NN2CCOCC2)o1. The van der Waals surface area contributed by atoms with Crippen molar-refractivity contribution in [1.29, 1.82) is 0 Å². The lowest BCUT2D eigenvalue weighted by Gasteiger charge is -2.27. The molecular formula is C19H21N3O4. The van der Waals surface area contributed by atoms with Gasteiger partial charge in [0.1, 0.15) is 17.2 Å². The van der Waals surface area contributed by atoms with Crippen molar-refractivity contribution >= 4 is 17.9 Å². The molecule has 7 heteroatoms. The lowest BCUT2D eigenvalue weighted by molar-refractivity contribution is -0.124. The number of hydrogen-bond donors (Lipinski definition) is 2. The van der Waals surface area contributed by atoms with E-state index in [1.807, 2.05) is 13.0 Å². The Morgan fingerprint density at radius 3 is 2.46 bits per heavy atom. The van der Waals surface area contributed by atoms with E-state index in [1.54, 1.807) is 41.4 Å². The highest BCUT2D eigenvalue weighted by atomic mass is 16.5. The quantitative estimate of drug-likeness (QED) is 0.798. The zero-order valence-corrected chi connectivity index (χ0v) is 14.5. The first-order chi connectivity index (χ1) is 12.6. The average Bonchev–Trinajstić information content (AvgIpc) is 3.07. The van der Waals surface area contributed by atoms with E-state index in [1.165, 1.54) is 6.08 Å². The van der Waals surface area contributed by atoms with Gasteiger partial charge in [0.15, 0.2) is 0 Å². The Morgan fingerprint density at radius 2 is 1.81 bits per heavy atom. The van der Waals surface area contributed by atoms with E-state index in [9.17, 15) is 9.59 Å². The fourth-order valence-corrected chi connectivity index (χ4v) is 2.49. The second kappa shape index (κ2) is 8.46. The predicted octanol–water partition coefficient (Wildman–Crippen LogP) is 1.72. The monoisotopic (exact) mass is 355 g/mol. The molecule has 0 bridgehead atoms. The number of carbonyl (C=O) groups excluding carboxylic acids is 2. The molecule has 2 heterocycles. The molecule has 2 N–H and O–H groups in total. The summed E-state index contributed by atoms with van der Waals surface area (Å²) in [5, 5.41) is 4.44. The van der Waals surface area contributed by atoms with Crippen molar-refractivity contribution in [2.45, 2.75) is 6.92 Å². The molecule has 0 spiro atoms. The Labute approximate surface area is 151 Å². The van der Waals surface area contributed by atoms with Gasteiger partial charge in [-0.25, -0.2) is 5.01 Å². The Bertz CT molecular complexity index is 792. The fraction of sp³-hybridized carbons (Fsp3) is 0.263. The minimum Gasteiger partial charge on any atom is -0.462 e. The number of nitrogens with zero attached hydrogens (tertiary/aromatic N) is 1. The third-order valence-corrected chi connectivity index (χ3v) is 3.85. The summed E-state index contributed by atoms with van der Waals surface area (Å²) < 4.78 is 10.8. The van der Waals surface area contributed by atoms with Gasteiger partial charge >= 0.3 is 0 Å². The summed E-state index contributed by atoms with van der Waals surface area (Å²) in [5.74, 6) is 0.434. The summed E-state index contributed by atoms with van der Waals surface area (Å²) in [6, 6.07) is 12.3. The molecule has 1 fully saturated rings. The number of aryl methyl sites for hydroxylation is 1. The number of morpholine rings is 1. The predicted molar refractivity (Wildman–Crippen MR) is 95.9 cm³/mol. The van der Waals surface area contributed by atoms with Crippen LogP contribution in [0, 0.1) is 6.92 Å². The van der Waals surface area contributed by atoms with Crippen LogP contribution in [-0.4, -0.2) is 43.1 Å². The van der Waals surface area contributed by atoms with E-state index in [4.69, 9.17) is 9.15 Å². The van der Waals surface area contributed by atoms with Crippen molar-refractivity contribution in [2.24, 2.45) is 0 Å². The number of furan rings is 1. The lowest BCUT2D eigenvalue weighted by atomic mass is 10.2. The molecule has 0 saturated carbocycles. The number of benzene rings is 1. The summed E-state index contributed by atoms with van der Waals surface area (Å²) in [6.07, 6.45) is 1.52. The van der Waals surface area contributed by atoms with Gasteiger partial charge in [0.25, 0.3) is 11.8 Å². The van der Waals surface area contributed by atoms with E-state index in [0.29, 0.717) is 37.6 Å². The van der Waals surface area contributed by atoms with E-state index < -0.39 is 5.91 Å². The molecular weight excluding hydrogens is 334 g/mol. The first kappa shape index (κ1) is 17.9. The van der Waals surface area contributed by atoms with E-state index >= 15 is 0 Å². The lowest BCUT2D eigenvalue weighted by Crippen LogP contribution is -2.50. The Kier molecular flexibility index (Phi) is 5.83. The molecule has 0 atom stereocenters. The molecule has 0 unspecified atom stereocenters. The molecule has 3 rings (SSSR count). The summed E-state index contributed by atoms with van der Waals surface area (Å²) in [5.41, 5.74) is 3.37. The molecule has 2 aromatic rings. The smallest absolute Gasteiger partial charge is 0.282 e. The van der Waals surface area contributed by atoms with Crippen LogP contribution in [-0.2, 0) is 9.53 Å². The highest BCUT2D eigenvalue weighted by Gasteiger charge is 2.19. The standard InChI is InChI=1S/C19H21N3O4/c1-14-7-8-16(26-14)13-17(19(24)21-22-9-11-25-12-10-22)20-18(23)15-5-3-2-4-6-15/h2-8,13H,9-12H2,1H3,(H,20,23)(H,21,24)/b17-13-. The van der Waals surface area contributed by atoms with Crippen molar-refractivity contribution in [3.8, 4) is 0 Å². The second-order valence-corrected chi connectivity index (χ2v) is 5.87. The normalized spacial score (nSPS) is 15.5. The molecule has 26 heavy (non-hydrogen) atoms. The molecule has 1 aliphatic heterocycles. The maximum atomic E-state index is 12.7. The topological polar surface area (TPSA) is 83.8 Å². The minimum atomic E-state index is -0.412. The van der Waals surface area contributed by atoms with Crippen molar-refractivity contribution < 1.29 is 18.7 Å². The molecule has 1 aliphatic rings. The molecule has 0 radical (unpaired) electrons. The van der Waals surface area contributed by atoms with Crippen LogP contribution in [0.3, 0.4) is 0 Å². The average molecular weight is 355 g/mol. The maximum absolute atomic E-state index is 12.7. The van der Waals surface area contributed by atoms with Crippen molar-refractivity contribution in [3.63, 3.8) is 0 Å². The van der Waals surface area contributed by atoms with Gasteiger partial charge in [-0.1, -0.05) is 18.2 Å². The first-order valence-electron chi connectivity index (χ1n) is 8.40. The van der Waals surface area contributed by atoms with Gasteiger partial charge in [0, 0.05) is 24.7 Å². The van der Waals surface area contributed by atoms with Crippen LogP contribution in [0.1, 0.15) is 21.9 Å². The van der Waals surface area contributed by atoms with Gasteiger partial charge in [-0.15, -0.1) is 0 Å². The zero-order valence-electron chi connectivity index (χ0n) is 14.5. The molecule has 1 aromatic heterocycles. The summed E-state index contributed by atoms with van der Waals surface area (Å²) in [7, 11) is 0. The van der Waals surface area contributed by atoms with Gasteiger partial charge in [0.05, 0.1) is 13.2 Å². The highest BCUT2D eigenvalue weighted by Crippen LogP contribution is 2.11. The van der Waals surface area contributed by atoms with Gasteiger partial charge in [-0.3, -0.25) is 15.0 Å². The van der Waals surface area contributed by atoms with Crippen molar-refractivity contribution in [3.05, 3.63) is 65.2 Å². The number of carbonyl (C=O) groups is 2. The number of ether oxygens (including phenoxy) is 1. The van der Waals surface area contributed by atoms with Crippen LogP contribution >= 0.6 is 0 Å². The molecule has 7 nitrogen and oxygen atoms in total. The first-order valence-corrected chi connectivity index (χ1v) is 8.40. The molecule has 1 aromatic carbocycles. The molecule has 2 amide bonds. The van der Waals surface area contributed by atoms with Crippen LogP contribution in [0.2, 0.25) is 0 Å². The summed E-state index contributed by atoms with van der Waals surface area (Å²) in [6.45, 7) is 4.09. The maximum Gasteiger partial charge on any atom is 0.282 e. The van der Waals surface area contributed by atoms with Crippen LogP contribution < -0.4 is 10.7 Å². The number of hydrazine groups is 1. The van der Waals surface area contributed by atoms with Gasteiger partial charge in [-0.2, -0.15) is 0 Å². The van der Waals surface area contributed by atoms with Crippen LogP contribution in [0.25, 0.3) is 6.08 Å². The van der Waals surface area contributed by atoms with Crippen LogP contribution in [0.15, 0.2) is 52.6 Å². The zero-order chi connectivity index (χ0) is 18.4. The van der Waals surface area contributed by atoms with E-state index in [2.05, 4.69) is 10.7 Å². The second-order valence-electron chi connectivity index (χ2n) is 5.87. The van der Waals surface area contributed by atoms with E-state index in [-0.39, 0.29) is 11.6 Å². The summed E-state index contributed by atoms with van der Waals surface area (Å²) >= 11 is 0. The highest BCUT2D eigenvalue weighted by molar-refractivity contribution is 6.04. The van der Waals surface area contributed by atoms with Crippen molar-refractivity contribution in [1.82, 2.24) is 15.8 Å². The number of rotatable bonds is 5. The number of nitrogens with one attached hydrogen (secondary N) is 2. The number of amides is 2. The molecule has 0 aliphatic carbocycles. The fourth-order valence-electron chi connectivity index (χ4n) is 2.49. The Balaban J connectivity index is 1.78. The van der Waals surface area contributed by atoms with Crippen LogP contribution in [0.4, 0.5) is 0 Å². The van der Waals surface area contributed by atoms with Crippen LogP contribution in [0.5, 0.6) is 0 Å². The van der Waals surface area contributed by atoms with Crippen molar-refractivity contribution in [2.75, 3.05) is 26.3 Å². The largest absolute Gasteiger partial charge is 0.462 e. The molecule has 1 saturated heterocycles. The van der Waals surface area contributed by atoms with Gasteiger partial charge in [0.2, 0.25) is 0 Å². The van der Waals surface area contributed by atoms with E-state index in [0.717, 1.165) is 5.76 Å². The van der Waals surface area contributed by atoms with Gasteiger partial charge in [-0.05, 0) is 31.2 Å². The Hall–Kier alpha value is -2.90. The number of hydrogen-bond acceptors (Lipinski definition) is 5. The summed E-state index contributed by atoms with van der Waals surface area (Å²) in [4.78, 5) is 25.1. The van der Waals surface area contributed by atoms with Gasteiger partial charge < -0.3 is 14.5 Å².